The minimum atomic E-state index is -0.115. The number of anilines is 1. The zero-order valence-corrected chi connectivity index (χ0v) is 12.7. The smallest absolute Gasteiger partial charge is 0.0761 e. The van der Waals surface area contributed by atoms with Crippen molar-refractivity contribution in [3.63, 3.8) is 0 Å². The number of benzene rings is 1. The van der Waals surface area contributed by atoms with Crippen molar-refractivity contribution in [1.82, 2.24) is 4.90 Å². The van der Waals surface area contributed by atoms with Crippen LogP contribution in [-0.2, 0) is 4.74 Å². The third-order valence-electron chi connectivity index (χ3n) is 3.66. The summed E-state index contributed by atoms with van der Waals surface area (Å²) in [4.78, 5) is 2.48. The zero-order valence-electron chi connectivity index (χ0n) is 12.7. The van der Waals surface area contributed by atoms with Gasteiger partial charge in [-0.15, -0.1) is 0 Å². The zero-order chi connectivity index (χ0) is 14.3. The van der Waals surface area contributed by atoms with Gasteiger partial charge < -0.3 is 10.5 Å². The molecule has 19 heavy (non-hydrogen) atoms. The van der Waals surface area contributed by atoms with Crippen LogP contribution in [0.5, 0.6) is 0 Å². The normalized spacial score (nSPS) is 24.1. The molecule has 0 bridgehead atoms. The second-order valence-corrected chi connectivity index (χ2v) is 6.87. The number of morpholine rings is 1. The molecule has 0 saturated carbocycles. The number of nitrogens with two attached hydrogens (primary N) is 1. The molecule has 0 aliphatic carbocycles. The van der Waals surface area contributed by atoms with E-state index in [1.807, 2.05) is 12.1 Å². The van der Waals surface area contributed by atoms with E-state index < -0.39 is 0 Å². The Bertz CT molecular complexity index is 438. The third kappa shape index (κ3) is 3.48. The maximum atomic E-state index is 6.13. The molecule has 1 aromatic carbocycles. The SMILES string of the molecule is CC(c1cccc(N)c1)N1CC(C)(C)OC(C)(C)C1. The second-order valence-electron chi connectivity index (χ2n) is 6.87. The molecule has 1 heterocycles. The quantitative estimate of drug-likeness (QED) is 0.832. The van der Waals surface area contributed by atoms with Crippen molar-refractivity contribution in [2.75, 3.05) is 18.8 Å². The van der Waals surface area contributed by atoms with Crippen LogP contribution in [0.3, 0.4) is 0 Å². The molecular formula is C16H26N2O. The summed E-state index contributed by atoms with van der Waals surface area (Å²) in [6, 6.07) is 8.53. The molecule has 1 saturated heterocycles. The van der Waals surface area contributed by atoms with Gasteiger partial charge in [0.1, 0.15) is 0 Å². The summed E-state index contributed by atoms with van der Waals surface area (Å²) in [6.45, 7) is 12.8. The fourth-order valence-corrected chi connectivity index (χ4v) is 3.15. The molecule has 1 aliphatic heterocycles. The number of rotatable bonds is 2. The predicted octanol–water partition coefficient (Wildman–Crippen LogP) is 3.22. The molecule has 0 spiro atoms. The topological polar surface area (TPSA) is 38.5 Å². The molecule has 1 aromatic rings. The highest BCUT2D eigenvalue weighted by Gasteiger charge is 2.39. The van der Waals surface area contributed by atoms with Crippen LogP contribution in [-0.4, -0.2) is 29.2 Å². The van der Waals surface area contributed by atoms with Crippen LogP contribution >= 0.6 is 0 Å². The largest absolute Gasteiger partial charge is 0.399 e. The van der Waals surface area contributed by atoms with E-state index in [2.05, 4.69) is 51.7 Å². The minimum absolute atomic E-state index is 0.115. The first kappa shape index (κ1) is 14.4. The first-order valence-electron chi connectivity index (χ1n) is 6.98. The lowest BCUT2D eigenvalue weighted by molar-refractivity contribution is -0.187. The Morgan fingerprint density at radius 3 is 2.26 bits per heavy atom. The summed E-state index contributed by atoms with van der Waals surface area (Å²) in [7, 11) is 0. The van der Waals surface area contributed by atoms with E-state index >= 15 is 0 Å². The molecule has 1 atom stereocenters. The van der Waals surface area contributed by atoms with Crippen molar-refractivity contribution in [3.8, 4) is 0 Å². The van der Waals surface area contributed by atoms with Gasteiger partial charge in [0.2, 0.25) is 0 Å². The summed E-state index contributed by atoms with van der Waals surface area (Å²) < 4.78 is 6.13. The van der Waals surface area contributed by atoms with E-state index in [0.29, 0.717) is 6.04 Å². The van der Waals surface area contributed by atoms with Gasteiger partial charge in [-0.1, -0.05) is 12.1 Å². The molecule has 3 heteroatoms. The van der Waals surface area contributed by atoms with Crippen LogP contribution in [0.1, 0.15) is 46.2 Å². The van der Waals surface area contributed by atoms with E-state index in [-0.39, 0.29) is 11.2 Å². The van der Waals surface area contributed by atoms with Gasteiger partial charge >= 0.3 is 0 Å². The predicted molar refractivity (Wildman–Crippen MR) is 80.1 cm³/mol. The Balaban J connectivity index is 2.21. The maximum Gasteiger partial charge on any atom is 0.0761 e. The first-order valence-corrected chi connectivity index (χ1v) is 6.98. The fraction of sp³-hybridized carbons (Fsp3) is 0.625. The fourth-order valence-electron chi connectivity index (χ4n) is 3.15. The highest BCUT2D eigenvalue weighted by atomic mass is 16.5. The van der Waals surface area contributed by atoms with E-state index in [1.165, 1.54) is 5.56 Å². The third-order valence-corrected chi connectivity index (χ3v) is 3.66. The molecule has 106 valence electrons. The second kappa shape index (κ2) is 4.80. The lowest BCUT2D eigenvalue weighted by Crippen LogP contribution is -2.57. The van der Waals surface area contributed by atoms with Crippen molar-refractivity contribution in [1.29, 1.82) is 0 Å². The molecule has 1 fully saturated rings. The molecule has 2 N–H and O–H groups in total. The first-order chi connectivity index (χ1) is 8.69. The molecular weight excluding hydrogens is 236 g/mol. The molecule has 0 radical (unpaired) electrons. The molecule has 0 amide bonds. The van der Waals surface area contributed by atoms with E-state index in [4.69, 9.17) is 10.5 Å². The van der Waals surface area contributed by atoms with Gasteiger partial charge in [0.05, 0.1) is 11.2 Å². The van der Waals surface area contributed by atoms with Gasteiger partial charge in [-0.05, 0) is 52.3 Å². The summed E-state index contributed by atoms with van der Waals surface area (Å²) in [6.07, 6.45) is 0. The Morgan fingerprint density at radius 1 is 1.16 bits per heavy atom. The number of hydrogen-bond donors (Lipinski definition) is 1. The van der Waals surface area contributed by atoms with E-state index in [1.54, 1.807) is 0 Å². The van der Waals surface area contributed by atoms with Gasteiger partial charge in [0.25, 0.3) is 0 Å². The van der Waals surface area contributed by atoms with Crippen molar-refractivity contribution in [2.24, 2.45) is 0 Å². The van der Waals surface area contributed by atoms with Gasteiger partial charge in [-0.3, -0.25) is 4.90 Å². The maximum absolute atomic E-state index is 6.13. The summed E-state index contributed by atoms with van der Waals surface area (Å²) in [5, 5.41) is 0. The van der Waals surface area contributed by atoms with Crippen molar-refractivity contribution in [3.05, 3.63) is 29.8 Å². The number of nitrogen functional groups attached to an aromatic ring is 1. The summed E-state index contributed by atoms with van der Waals surface area (Å²) in [5.74, 6) is 0. The van der Waals surface area contributed by atoms with Gasteiger partial charge in [-0.25, -0.2) is 0 Å². The van der Waals surface area contributed by atoms with Crippen LogP contribution in [0.4, 0.5) is 5.69 Å². The molecule has 0 aromatic heterocycles. The van der Waals surface area contributed by atoms with Crippen molar-refractivity contribution in [2.45, 2.75) is 51.9 Å². The van der Waals surface area contributed by atoms with Gasteiger partial charge in [0, 0.05) is 24.8 Å². The number of ether oxygens (including phenoxy) is 1. The molecule has 2 rings (SSSR count). The van der Waals surface area contributed by atoms with Crippen molar-refractivity contribution < 1.29 is 4.74 Å². The lowest BCUT2D eigenvalue weighted by atomic mass is 9.95. The van der Waals surface area contributed by atoms with Gasteiger partial charge in [0.15, 0.2) is 0 Å². The standard InChI is InChI=1S/C16H26N2O/c1-12(13-7-6-8-14(17)9-13)18-10-15(2,3)19-16(4,5)11-18/h6-9,12H,10-11,17H2,1-5H3. The van der Waals surface area contributed by atoms with Crippen LogP contribution < -0.4 is 5.73 Å². The lowest BCUT2D eigenvalue weighted by Gasteiger charge is -2.49. The Hall–Kier alpha value is -1.06. The highest BCUT2D eigenvalue weighted by Crippen LogP contribution is 2.33. The minimum Gasteiger partial charge on any atom is -0.399 e. The molecule has 1 aliphatic rings. The Labute approximate surface area is 116 Å². The highest BCUT2D eigenvalue weighted by molar-refractivity contribution is 5.41. The van der Waals surface area contributed by atoms with Crippen LogP contribution in [0.2, 0.25) is 0 Å². The van der Waals surface area contributed by atoms with Gasteiger partial charge in [-0.2, -0.15) is 0 Å². The molecule has 1 unspecified atom stereocenters. The average molecular weight is 262 g/mol. The van der Waals surface area contributed by atoms with Crippen molar-refractivity contribution >= 4 is 5.69 Å². The van der Waals surface area contributed by atoms with Crippen LogP contribution in [0, 0.1) is 0 Å². The monoisotopic (exact) mass is 262 g/mol. The van der Waals surface area contributed by atoms with Crippen LogP contribution in [0.15, 0.2) is 24.3 Å². The number of nitrogens with zero attached hydrogens (tertiary/aromatic N) is 1. The Morgan fingerprint density at radius 2 is 1.74 bits per heavy atom. The molecule has 3 nitrogen and oxygen atoms in total. The summed E-state index contributed by atoms with van der Waals surface area (Å²) in [5.41, 5.74) is 7.76. The average Bonchev–Trinajstić information content (AvgIpc) is 2.23. The van der Waals surface area contributed by atoms with E-state index in [0.717, 1.165) is 18.8 Å². The van der Waals surface area contributed by atoms with Crippen LogP contribution in [0.25, 0.3) is 0 Å². The number of hydrogen-bond acceptors (Lipinski definition) is 3. The summed E-state index contributed by atoms with van der Waals surface area (Å²) >= 11 is 0. The van der Waals surface area contributed by atoms with E-state index in [9.17, 15) is 0 Å². The Kier molecular flexibility index (Phi) is 3.63.